The molecule has 1 heterocycles. The summed E-state index contributed by atoms with van der Waals surface area (Å²) in [5.41, 5.74) is 6.19. The summed E-state index contributed by atoms with van der Waals surface area (Å²) in [5.74, 6) is 0. The van der Waals surface area contributed by atoms with Crippen LogP contribution >= 0.6 is 0 Å². The van der Waals surface area contributed by atoms with E-state index in [2.05, 4.69) is 10.9 Å². The molecule has 34 valence electrons. The number of rotatable bonds is 0. The molecule has 2 heteroatoms. The number of fused-ring (bicyclic) bond motifs is 1. The molecule has 0 aromatic rings. The lowest BCUT2D eigenvalue weighted by Crippen LogP contribution is -2.72. The Balaban J connectivity index is 2.03. The normalized spacial score (nSPS) is 52.0. The van der Waals surface area contributed by atoms with E-state index in [4.69, 9.17) is 0 Å². The molecule has 2 fully saturated rings. The van der Waals surface area contributed by atoms with Gasteiger partial charge in [-0.05, 0) is 12.8 Å². The lowest BCUT2D eigenvalue weighted by Gasteiger charge is -2.47. The molecule has 2 nitrogen and oxygen atoms in total. The SMILES string of the molecule is C1CC2NNC12. The van der Waals surface area contributed by atoms with E-state index in [1.165, 1.54) is 12.8 Å². The first kappa shape index (κ1) is 2.99. The molecular weight excluding hydrogens is 76.1 g/mol. The molecule has 0 bridgehead atoms. The van der Waals surface area contributed by atoms with Crippen LogP contribution in [-0.2, 0) is 0 Å². The van der Waals surface area contributed by atoms with Crippen LogP contribution in [0, 0.1) is 0 Å². The Kier molecular flexibility index (Phi) is 0.383. The van der Waals surface area contributed by atoms with E-state index in [0.717, 1.165) is 12.1 Å². The second-order valence-electron chi connectivity index (χ2n) is 2.08. The van der Waals surface area contributed by atoms with Gasteiger partial charge < -0.3 is 0 Å². The van der Waals surface area contributed by atoms with Gasteiger partial charge in [0, 0.05) is 12.1 Å². The van der Waals surface area contributed by atoms with Gasteiger partial charge in [0.05, 0.1) is 0 Å². The Morgan fingerprint density at radius 1 is 1.00 bits per heavy atom. The zero-order valence-electron chi connectivity index (χ0n) is 3.57. The molecule has 0 aromatic heterocycles. The van der Waals surface area contributed by atoms with Crippen molar-refractivity contribution < 1.29 is 0 Å². The first-order chi connectivity index (χ1) is 2.97. The van der Waals surface area contributed by atoms with Crippen LogP contribution in [0.2, 0.25) is 0 Å². The van der Waals surface area contributed by atoms with Gasteiger partial charge in [0.2, 0.25) is 0 Å². The van der Waals surface area contributed by atoms with E-state index in [9.17, 15) is 0 Å². The van der Waals surface area contributed by atoms with Crippen molar-refractivity contribution in [3.8, 4) is 0 Å². The molecule has 1 saturated heterocycles. The lowest BCUT2D eigenvalue weighted by molar-refractivity contribution is 0.0956. The van der Waals surface area contributed by atoms with Gasteiger partial charge >= 0.3 is 0 Å². The van der Waals surface area contributed by atoms with Crippen molar-refractivity contribution in [2.24, 2.45) is 0 Å². The number of hydrazine groups is 1. The van der Waals surface area contributed by atoms with Crippen LogP contribution in [0.3, 0.4) is 0 Å². The summed E-state index contributed by atoms with van der Waals surface area (Å²) in [7, 11) is 0. The minimum Gasteiger partial charge on any atom is -0.253 e. The zero-order valence-corrected chi connectivity index (χ0v) is 3.57. The number of hydrogen-bond acceptors (Lipinski definition) is 2. The second-order valence-corrected chi connectivity index (χ2v) is 2.08. The standard InChI is InChI=1S/C4H8N2/c1-2-4-3(1)5-6-4/h3-6H,1-2H2. The van der Waals surface area contributed by atoms with Crippen molar-refractivity contribution in [2.45, 2.75) is 24.9 Å². The van der Waals surface area contributed by atoms with Crippen LogP contribution in [0.25, 0.3) is 0 Å². The third-order valence-electron chi connectivity index (χ3n) is 1.73. The van der Waals surface area contributed by atoms with Crippen LogP contribution in [0.5, 0.6) is 0 Å². The number of nitrogens with one attached hydrogen (secondary N) is 2. The summed E-state index contributed by atoms with van der Waals surface area (Å²) in [4.78, 5) is 0. The van der Waals surface area contributed by atoms with E-state index in [1.807, 2.05) is 0 Å². The second kappa shape index (κ2) is 0.768. The van der Waals surface area contributed by atoms with Crippen LogP contribution in [-0.4, -0.2) is 12.1 Å². The van der Waals surface area contributed by atoms with Crippen LogP contribution in [0.1, 0.15) is 12.8 Å². The first-order valence-electron chi connectivity index (χ1n) is 2.48. The maximum absolute atomic E-state index is 3.09. The Morgan fingerprint density at radius 3 is 1.50 bits per heavy atom. The molecule has 0 amide bonds. The molecular formula is C4H8N2. The van der Waals surface area contributed by atoms with Crippen molar-refractivity contribution in [2.75, 3.05) is 0 Å². The maximum Gasteiger partial charge on any atom is 0.0380 e. The summed E-state index contributed by atoms with van der Waals surface area (Å²) >= 11 is 0. The number of hydrogen-bond donors (Lipinski definition) is 2. The molecule has 1 saturated carbocycles. The van der Waals surface area contributed by atoms with Gasteiger partial charge in [0.25, 0.3) is 0 Å². The van der Waals surface area contributed by atoms with Crippen LogP contribution in [0.15, 0.2) is 0 Å². The molecule has 2 rings (SSSR count). The molecule has 1 aliphatic heterocycles. The van der Waals surface area contributed by atoms with Gasteiger partial charge in [-0.1, -0.05) is 0 Å². The Bertz CT molecular complexity index is 53.9. The molecule has 2 aliphatic rings. The fraction of sp³-hybridized carbons (Fsp3) is 1.00. The molecule has 0 aromatic carbocycles. The minimum absolute atomic E-state index is 0.852. The van der Waals surface area contributed by atoms with Gasteiger partial charge in [-0.3, -0.25) is 10.9 Å². The largest absolute Gasteiger partial charge is 0.253 e. The Hall–Kier alpha value is -0.0800. The third kappa shape index (κ3) is 0.172. The van der Waals surface area contributed by atoms with Gasteiger partial charge in [-0.15, -0.1) is 0 Å². The predicted octanol–water partition coefficient (Wildman–Crippen LogP) is -0.375. The van der Waals surface area contributed by atoms with E-state index < -0.39 is 0 Å². The summed E-state index contributed by atoms with van der Waals surface area (Å²) in [5, 5.41) is 0. The van der Waals surface area contributed by atoms with E-state index >= 15 is 0 Å². The van der Waals surface area contributed by atoms with Gasteiger partial charge in [-0.25, -0.2) is 0 Å². The van der Waals surface area contributed by atoms with Crippen molar-refractivity contribution in [3.05, 3.63) is 0 Å². The fourth-order valence-electron chi connectivity index (χ4n) is 0.963. The quantitative estimate of drug-likeness (QED) is 0.418. The third-order valence-corrected chi connectivity index (χ3v) is 1.73. The van der Waals surface area contributed by atoms with Crippen molar-refractivity contribution in [3.63, 3.8) is 0 Å². The Labute approximate surface area is 36.9 Å². The van der Waals surface area contributed by atoms with Gasteiger partial charge in [0.1, 0.15) is 0 Å². The van der Waals surface area contributed by atoms with Crippen molar-refractivity contribution >= 4 is 0 Å². The molecule has 6 heavy (non-hydrogen) atoms. The van der Waals surface area contributed by atoms with Gasteiger partial charge in [-0.2, -0.15) is 0 Å². The average Bonchev–Trinajstić information content (AvgIpc) is 1.54. The first-order valence-corrected chi connectivity index (χ1v) is 2.48. The van der Waals surface area contributed by atoms with E-state index in [0.29, 0.717) is 0 Å². The highest BCUT2D eigenvalue weighted by atomic mass is 15.5. The van der Waals surface area contributed by atoms with Crippen LogP contribution < -0.4 is 10.9 Å². The van der Waals surface area contributed by atoms with Gasteiger partial charge in [0.15, 0.2) is 0 Å². The maximum atomic E-state index is 3.09. The van der Waals surface area contributed by atoms with E-state index in [-0.39, 0.29) is 0 Å². The Morgan fingerprint density at radius 2 is 1.50 bits per heavy atom. The monoisotopic (exact) mass is 84.1 g/mol. The molecule has 0 radical (unpaired) electrons. The molecule has 2 unspecified atom stereocenters. The highest BCUT2D eigenvalue weighted by Gasteiger charge is 2.37. The zero-order chi connectivity index (χ0) is 3.98. The summed E-state index contributed by atoms with van der Waals surface area (Å²) in [6, 6.07) is 1.70. The van der Waals surface area contributed by atoms with Crippen molar-refractivity contribution in [1.82, 2.24) is 10.9 Å². The molecule has 1 aliphatic carbocycles. The highest BCUT2D eigenvalue weighted by Crippen LogP contribution is 2.23. The summed E-state index contributed by atoms with van der Waals surface area (Å²) in [6.07, 6.45) is 2.77. The highest BCUT2D eigenvalue weighted by molar-refractivity contribution is 4.97. The summed E-state index contributed by atoms with van der Waals surface area (Å²) < 4.78 is 0. The summed E-state index contributed by atoms with van der Waals surface area (Å²) in [6.45, 7) is 0. The molecule has 0 spiro atoms. The molecule has 2 atom stereocenters. The van der Waals surface area contributed by atoms with Crippen LogP contribution in [0.4, 0.5) is 0 Å². The van der Waals surface area contributed by atoms with Crippen molar-refractivity contribution in [1.29, 1.82) is 0 Å². The topological polar surface area (TPSA) is 24.1 Å². The average molecular weight is 84.1 g/mol. The lowest BCUT2D eigenvalue weighted by atomic mass is 9.84. The predicted molar refractivity (Wildman–Crippen MR) is 23.1 cm³/mol. The fourth-order valence-corrected chi connectivity index (χ4v) is 0.963. The van der Waals surface area contributed by atoms with E-state index in [1.54, 1.807) is 0 Å². The minimum atomic E-state index is 0.852. The smallest absolute Gasteiger partial charge is 0.0380 e. The molecule has 2 N–H and O–H groups in total.